The Morgan fingerprint density at radius 3 is 2.07 bits per heavy atom. The van der Waals surface area contributed by atoms with E-state index in [1.807, 2.05) is 0 Å². The lowest BCUT2D eigenvalue weighted by molar-refractivity contribution is 0.340. The van der Waals surface area contributed by atoms with E-state index in [1.54, 1.807) is 0 Å². The van der Waals surface area contributed by atoms with Crippen molar-refractivity contribution in [3.63, 3.8) is 0 Å². The number of rotatable bonds is 10. The number of hydrogen-bond donors (Lipinski definition) is 1. The van der Waals surface area contributed by atoms with Crippen molar-refractivity contribution in [1.82, 2.24) is 5.32 Å². The Labute approximate surface area is 97.0 Å². The molecule has 0 spiro atoms. The van der Waals surface area contributed by atoms with Crippen molar-refractivity contribution in [2.75, 3.05) is 7.05 Å². The van der Waals surface area contributed by atoms with Crippen LogP contribution in [-0.2, 0) is 0 Å². The van der Waals surface area contributed by atoms with E-state index in [-0.39, 0.29) is 0 Å². The molecule has 1 N–H and O–H groups in total. The van der Waals surface area contributed by atoms with Crippen molar-refractivity contribution in [2.45, 2.75) is 78.2 Å². The van der Waals surface area contributed by atoms with Crippen LogP contribution >= 0.6 is 0 Å². The van der Waals surface area contributed by atoms with Crippen LogP contribution in [0.2, 0.25) is 0 Å². The van der Waals surface area contributed by atoms with Crippen LogP contribution in [0.1, 0.15) is 72.1 Å². The van der Waals surface area contributed by atoms with Crippen molar-refractivity contribution in [3.05, 3.63) is 0 Å². The zero-order chi connectivity index (χ0) is 11.5. The summed E-state index contributed by atoms with van der Waals surface area (Å²) in [5.41, 5.74) is 0. The summed E-state index contributed by atoms with van der Waals surface area (Å²) >= 11 is 0. The smallest absolute Gasteiger partial charge is 0.00896 e. The van der Waals surface area contributed by atoms with Gasteiger partial charge < -0.3 is 5.32 Å². The van der Waals surface area contributed by atoms with Gasteiger partial charge in [-0.1, -0.05) is 59.3 Å². The van der Waals surface area contributed by atoms with Gasteiger partial charge >= 0.3 is 0 Å². The molecule has 2 unspecified atom stereocenters. The average molecular weight is 213 g/mol. The molecule has 0 aromatic carbocycles. The fraction of sp³-hybridized carbons (Fsp3) is 1.00. The Hall–Kier alpha value is -0.0400. The van der Waals surface area contributed by atoms with Crippen LogP contribution in [0.25, 0.3) is 0 Å². The number of hydrogen-bond acceptors (Lipinski definition) is 1. The predicted octanol–water partition coefficient (Wildman–Crippen LogP) is 4.37. The summed E-state index contributed by atoms with van der Waals surface area (Å²) in [4.78, 5) is 0. The Morgan fingerprint density at radius 2 is 1.53 bits per heavy atom. The van der Waals surface area contributed by atoms with E-state index in [9.17, 15) is 0 Å². The highest BCUT2D eigenvalue weighted by atomic mass is 14.9. The van der Waals surface area contributed by atoms with E-state index < -0.39 is 0 Å². The first-order valence-corrected chi connectivity index (χ1v) is 6.93. The van der Waals surface area contributed by atoms with Gasteiger partial charge in [-0.15, -0.1) is 0 Å². The molecule has 92 valence electrons. The lowest BCUT2D eigenvalue weighted by Gasteiger charge is -2.23. The molecule has 0 aromatic rings. The van der Waals surface area contributed by atoms with Gasteiger partial charge in [-0.05, 0) is 25.8 Å². The van der Waals surface area contributed by atoms with Gasteiger partial charge in [-0.25, -0.2) is 0 Å². The maximum absolute atomic E-state index is 3.49. The Balaban J connectivity index is 3.60. The van der Waals surface area contributed by atoms with Crippen LogP contribution in [0.4, 0.5) is 0 Å². The summed E-state index contributed by atoms with van der Waals surface area (Å²) < 4.78 is 0. The quantitative estimate of drug-likeness (QED) is 0.531. The van der Waals surface area contributed by atoms with Crippen LogP contribution in [-0.4, -0.2) is 13.1 Å². The molecular formula is C14H31N. The molecule has 0 heterocycles. The summed E-state index contributed by atoms with van der Waals surface area (Å²) in [6, 6.07) is 0.744. The van der Waals surface area contributed by atoms with E-state index in [1.165, 1.54) is 51.4 Å². The highest BCUT2D eigenvalue weighted by molar-refractivity contribution is 4.71. The Bertz CT molecular complexity index is 123. The van der Waals surface area contributed by atoms with Gasteiger partial charge in [-0.2, -0.15) is 0 Å². The van der Waals surface area contributed by atoms with Gasteiger partial charge in [0.2, 0.25) is 0 Å². The normalized spacial score (nSPS) is 15.2. The predicted molar refractivity (Wildman–Crippen MR) is 70.3 cm³/mol. The molecule has 0 amide bonds. The summed E-state index contributed by atoms with van der Waals surface area (Å²) in [7, 11) is 2.12. The average Bonchev–Trinajstić information content (AvgIpc) is 2.26. The second-order valence-electron chi connectivity index (χ2n) is 4.86. The molecule has 0 aliphatic heterocycles. The molecule has 0 saturated heterocycles. The zero-order valence-corrected chi connectivity index (χ0v) is 11.3. The molecule has 15 heavy (non-hydrogen) atoms. The SMILES string of the molecule is CCCCCCC(NC)C(C)CCCC. The van der Waals surface area contributed by atoms with Crippen LogP contribution in [0.15, 0.2) is 0 Å². The summed E-state index contributed by atoms with van der Waals surface area (Å²) in [6.45, 7) is 6.96. The van der Waals surface area contributed by atoms with E-state index in [2.05, 4.69) is 33.1 Å². The first-order valence-electron chi connectivity index (χ1n) is 6.93. The van der Waals surface area contributed by atoms with Crippen molar-refractivity contribution >= 4 is 0 Å². The van der Waals surface area contributed by atoms with Gasteiger partial charge in [0.15, 0.2) is 0 Å². The molecule has 0 rings (SSSR count). The molecule has 0 aromatic heterocycles. The lowest BCUT2D eigenvalue weighted by atomic mass is 9.92. The molecule has 0 radical (unpaired) electrons. The lowest BCUT2D eigenvalue weighted by Crippen LogP contribution is -2.32. The summed E-state index contributed by atoms with van der Waals surface area (Å²) in [5, 5.41) is 3.49. The third-order valence-corrected chi connectivity index (χ3v) is 3.44. The second kappa shape index (κ2) is 10.5. The molecule has 0 aliphatic carbocycles. The second-order valence-corrected chi connectivity index (χ2v) is 4.86. The summed E-state index contributed by atoms with van der Waals surface area (Å²) in [5.74, 6) is 0.844. The fourth-order valence-electron chi connectivity index (χ4n) is 2.23. The van der Waals surface area contributed by atoms with E-state index in [4.69, 9.17) is 0 Å². The van der Waals surface area contributed by atoms with E-state index >= 15 is 0 Å². The third-order valence-electron chi connectivity index (χ3n) is 3.44. The topological polar surface area (TPSA) is 12.0 Å². The van der Waals surface area contributed by atoms with Crippen LogP contribution in [0.3, 0.4) is 0 Å². The van der Waals surface area contributed by atoms with Gasteiger partial charge in [0.1, 0.15) is 0 Å². The molecule has 0 aliphatic rings. The van der Waals surface area contributed by atoms with Gasteiger partial charge in [-0.3, -0.25) is 0 Å². The number of unbranched alkanes of at least 4 members (excludes halogenated alkanes) is 4. The van der Waals surface area contributed by atoms with Crippen molar-refractivity contribution in [2.24, 2.45) is 5.92 Å². The van der Waals surface area contributed by atoms with Crippen LogP contribution in [0.5, 0.6) is 0 Å². The third kappa shape index (κ3) is 7.84. The largest absolute Gasteiger partial charge is 0.317 e. The van der Waals surface area contributed by atoms with E-state index in [0.29, 0.717) is 0 Å². The highest BCUT2D eigenvalue weighted by Gasteiger charge is 2.13. The Morgan fingerprint density at radius 1 is 0.867 bits per heavy atom. The van der Waals surface area contributed by atoms with Crippen molar-refractivity contribution < 1.29 is 0 Å². The minimum atomic E-state index is 0.744. The van der Waals surface area contributed by atoms with Gasteiger partial charge in [0.25, 0.3) is 0 Å². The minimum absolute atomic E-state index is 0.744. The minimum Gasteiger partial charge on any atom is -0.317 e. The maximum atomic E-state index is 3.49. The highest BCUT2D eigenvalue weighted by Crippen LogP contribution is 2.17. The molecule has 0 fully saturated rings. The van der Waals surface area contributed by atoms with E-state index in [0.717, 1.165) is 12.0 Å². The van der Waals surface area contributed by atoms with Crippen LogP contribution in [0, 0.1) is 5.92 Å². The Kier molecular flexibility index (Phi) is 10.4. The zero-order valence-electron chi connectivity index (χ0n) is 11.3. The fourth-order valence-corrected chi connectivity index (χ4v) is 2.23. The molecule has 1 nitrogen and oxygen atoms in total. The molecule has 2 atom stereocenters. The van der Waals surface area contributed by atoms with Crippen LogP contribution < -0.4 is 5.32 Å². The first-order chi connectivity index (χ1) is 7.26. The molecule has 0 bridgehead atoms. The monoisotopic (exact) mass is 213 g/mol. The first kappa shape index (κ1) is 15.0. The van der Waals surface area contributed by atoms with Crippen molar-refractivity contribution in [1.29, 1.82) is 0 Å². The number of nitrogens with one attached hydrogen (secondary N) is 1. The van der Waals surface area contributed by atoms with Gasteiger partial charge in [0, 0.05) is 6.04 Å². The van der Waals surface area contributed by atoms with Crippen molar-refractivity contribution in [3.8, 4) is 0 Å². The maximum Gasteiger partial charge on any atom is 0.00896 e. The standard InChI is InChI=1S/C14H31N/c1-5-7-9-10-12-14(15-4)13(3)11-8-6-2/h13-15H,5-12H2,1-4H3. The van der Waals surface area contributed by atoms with Gasteiger partial charge in [0.05, 0.1) is 0 Å². The molecular weight excluding hydrogens is 182 g/mol. The molecule has 1 heteroatoms. The molecule has 0 saturated carbocycles. The summed E-state index contributed by atoms with van der Waals surface area (Å²) in [6.07, 6.45) is 11.0.